The first-order valence-corrected chi connectivity index (χ1v) is 8.83. The van der Waals surface area contributed by atoms with Crippen LogP contribution in [0, 0.1) is 5.92 Å². The summed E-state index contributed by atoms with van der Waals surface area (Å²) < 4.78 is 9.84. The Morgan fingerprint density at radius 1 is 1.04 bits per heavy atom. The fourth-order valence-corrected chi connectivity index (χ4v) is 3.40. The third-order valence-corrected chi connectivity index (χ3v) is 4.95. The number of nitrogens with zero attached hydrogens (tertiary/aromatic N) is 1. The van der Waals surface area contributed by atoms with Crippen LogP contribution in [-0.2, 0) is 14.3 Å². The highest BCUT2D eigenvalue weighted by atomic mass is 16.5. The first-order valence-electron chi connectivity index (χ1n) is 8.83. The second kappa shape index (κ2) is 8.12. The van der Waals surface area contributed by atoms with E-state index in [2.05, 4.69) is 10.1 Å². The Bertz CT molecular complexity index is 877. The van der Waals surface area contributed by atoms with Crippen molar-refractivity contribution in [3.63, 3.8) is 0 Å². The van der Waals surface area contributed by atoms with Crippen LogP contribution in [-0.4, -0.2) is 44.0 Å². The fraction of sp³-hybridized carbons (Fsp3) is 0.286. The van der Waals surface area contributed by atoms with Crippen LogP contribution in [0.25, 0.3) is 0 Å². The van der Waals surface area contributed by atoms with Crippen LogP contribution in [0.2, 0.25) is 0 Å². The monoisotopic (exact) mass is 382 g/mol. The van der Waals surface area contributed by atoms with Crippen LogP contribution in [0.3, 0.4) is 0 Å². The second-order valence-electron chi connectivity index (χ2n) is 6.59. The Morgan fingerprint density at radius 2 is 1.68 bits per heavy atom. The molecule has 1 heterocycles. The van der Waals surface area contributed by atoms with Crippen molar-refractivity contribution < 1.29 is 23.9 Å². The van der Waals surface area contributed by atoms with Crippen molar-refractivity contribution in [3.05, 3.63) is 59.7 Å². The Kier molecular flexibility index (Phi) is 5.63. The van der Waals surface area contributed by atoms with Crippen molar-refractivity contribution in [2.24, 2.45) is 5.92 Å². The molecule has 146 valence electrons. The third-order valence-electron chi connectivity index (χ3n) is 4.95. The number of hydrogen-bond donors (Lipinski definition) is 1. The number of carbonyl (C=O) groups excluding carboxylic acids is 3. The van der Waals surface area contributed by atoms with E-state index in [1.165, 1.54) is 7.11 Å². The second-order valence-corrected chi connectivity index (χ2v) is 6.59. The Hall–Kier alpha value is -3.35. The number of methoxy groups -OCH3 is 2. The molecule has 7 heteroatoms. The lowest BCUT2D eigenvalue weighted by Gasteiger charge is -2.25. The smallest absolute Gasteiger partial charge is 0.337 e. The number of ether oxygens (including phenoxy) is 2. The molecule has 1 aliphatic rings. The van der Waals surface area contributed by atoms with Crippen molar-refractivity contribution in [1.82, 2.24) is 4.90 Å². The van der Waals surface area contributed by atoms with E-state index in [-0.39, 0.29) is 24.3 Å². The average molecular weight is 382 g/mol. The number of esters is 1. The molecule has 2 aromatic carbocycles. The number of benzene rings is 2. The predicted molar refractivity (Wildman–Crippen MR) is 103 cm³/mol. The predicted octanol–water partition coefficient (Wildman–Crippen LogP) is 2.64. The first-order chi connectivity index (χ1) is 13.4. The Balaban J connectivity index is 1.78. The minimum atomic E-state index is -0.522. The molecule has 0 aromatic heterocycles. The molecule has 1 saturated heterocycles. The van der Waals surface area contributed by atoms with Crippen molar-refractivity contribution in [3.8, 4) is 5.75 Å². The summed E-state index contributed by atoms with van der Waals surface area (Å²) in [6.45, 7) is 0. The fourth-order valence-electron chi connectivity index (χ4n) is 3.40. The molecule has 0 spiro atoms. The lowest BCUT2D eigenvalue weighted by molar-refractivity contribution is -0.128. The van der Waals surface area contributed by atoms with Gasteiger partial charge in [-0.25, -0.2) is 4.79 Å². The summed E-state index contributed by atoms with van der Waals surface area (Å²) in [6.07, 6.45) is 0.138. The van der Waals surface area contributed by atoms with E-state index in [0.29, 0.717) is 17.0 Å². The summed E-state index contributed by atoms with van der Waals surface area (Å²) in [4.78, 5) is 38.3. The molecule has 28 heavy (non-hydrogen) atoms. The topological polar surface area (TPSA) is 84.9 Å². The van der Waals surface area contributed by atoms with Crippen LogP contribution in [0.4, 0.5) is 5.69 Å². The number of nitrogens with one attached hydrogen (secondary N) is 1. The normalized spacial score (nSPS) is 18.7. The molecule has 0 radical (unpaired) electrons. The van der Waals surface area contributed by atoms with Crippen molar-refractivity contribution in [2.45, 2.75) is 12.5 Å². The van der Waals surface area contributed by atoms with E-state index < -0.39 is 11.9 Å². The van der Waals surface area contributed by atoms with Gasteiger partial charge in [-0.2, -0.15) is 0 Å². The summed E-state index contributed by atoms with van der Waals surface area (Å²) in [7, 11) is 4.60. The quantitative estimate of drug-likeness (QED) is 0.804. The maximum Gasteiger partial charge on any atom is 0.337 e. The largest absolute Gasteiger partial charge is 0.497 e. The maximum atomic E-state index is 12.9. The van der Waals surface area contributed by atoms with Crippen LogP contribution in [0.1, 0.15) is 28.4 Å². The van der Waals surface area contributed by atoms with Crippen LogP contribution in [0.5, 0.6) is 5.75 Å². The highest BCUT2D eigenvalue weighted by Crippen LogP contribution is 2.38. The molecule has 3 rings (SSSR count). The standard InChI is InChI=1S/C21H22N2O5/c1-23-18(24)12-17(19(23)13-6-10-16(27-2)11-7-13)20(25)22-15-8-4-14(5-9-15)21(26)28-3/h4-11,17,19H,12H2,1-3H3,(H,22,25)/t17-,19-/m0/s1. The van der Waals surface area contributed by atoms with Gasteiger partial charge in [-0.1, -0.05) is 12.1 Å². The lowest BCUT2D eigenvalue weighted by atomic mass is 9.92. The molecule has 0 bridgehead atoms. The summed E-state index contributed by atoms with van der Waals surface area (Å²) >= 11 is 0. The first kappa shape index (κ1) is 19.4. The van der Waals surface area contributed by atoms with E-state index in [4.69, 9.17) is 4.74 Å². The number of likely N-dealkylation sites (tertiary alicyclic amines) is 1. The number of hydrogen-bond acceptors (Lipinski definition) is 5. The molecule has 7 nitrogen and oxygen atoms in total. The molecular formula is C21H22N2O5. The number of rotatable bonds is 5. The minimum Gasteiger partial charge on any atom is -0.497 e. The number of anilines is 1. The lowest BCUT2D eigenvalue weighted by Crippen LogP contribution is -2.30. The van der Waals surface area contributed by atoms with Gasteiger partial charge in [-0.05, 0) is 42.0 Å². The highest BCUT2D eigenvalue weighted by molar-refractivity contribution is 5.98. The molecule has 2 amide bonds. The summed E-state index contributed by atoms with van der Waals surface area (Å²) in [6, 6.07) is 13.4. The molecule has 2 aromatic rings. The van der Waals surface area contributed by atoms with Gasteiger partial charge in [0.1, 0.15) is 5.75 Å². The van der Waals surface area contributed by atoms with Crippen LogP contribution in [0.15, 0.2) is 48.5 Å². The van der Waals surface area contributed by atoms with E-state index in [9.17, 15) is 14.4 Å². The zero-order chi connectivity index (χ0) is 20.3. The molecular weight excluding hydrogens is 360 g/mol. The van der Waals surface area contributed by atoms with E-state index >= 15 is 0 Å². The molecule has 0 saturated carbocycles. The molecule has 0 aliphatic carbocycles. The van der Waals surface area contributed by atoms with Gasteiger partial charge in [0.25, 0.3) is 0 Å². The average Bonchev–Trinajstić information content (AvgIpc) is 3.02. The van der Waals surface area contributed by atoms with Crippen LogP contribution < -0.4 is 10.1 Å². The van der Waals surface area contributed by atoms with Gasteiger partial charge >= 0.3 is 5.97 Å². The molecule has 1 N–H and O–H groups in total. The SMILES string of the molecule is COC(=O)c1ccc(NC(=O)[C@H]2CC(=O)N(C)[C@H]2c2ccc(OC)cc2)cc1. The zero-order valence-corrected chi connectivity index (χ0v) is 16.0. The van der Waals surface area contributed by atoms with Gasteiger partial charge in [0.05, 0.1) is 31.7 Å². The van der Waals surface area contributed by atoms with Gasteiger partial charge < -0.3 is 19.7 Å². The molecule has 1 fully saturated rings. The van der Waals surface area contributed by atoms with Gasteiger partial charge in [0.15, 0.2) is 0 Å². The third kappa shape index (κ3) is 3.83. The van der Waals surface area contributed by atoms with E-state index in [1.807, 2.05) is 24.3 Å². The summed E-state index contributed by atoms with van der Waals surface area (Å²) in [5.74, 6) is -0.583. The van der Waals surface area contributed by atoms with Gasteiger partial charge in [-0.3, -0.25) is 9.59 Å². The van der Waals surface area contributed by atoms with E-state index in [0.717, 1.165) is 5.56 Å². The van der Waals surface area contributed by atoms with Crippen molar-refractivity contribution >= 4 is 23.5 Å². The van der Waals surface area contributed by atoms with Gasteiger partial charge in [0, 0.05) is 19.2 Å². The Morgan fingerprint density at radius 3 is 2.25 bits per heavy atom. The Labute approximate surface area is 163 Å². The molecule has 0 unspecified atom stereocenters. The summed E-state index contributed by atoms with van der Waals surface area (Å²) in [5.41, 5.74) is 1.82. The molecule has 1 aliphatic heterocycles. The summed E-state index contributed by atoms with van der Waals surface area (Å²) in [5, 5.41) is 2.84. The van der Waals surface area contributed by atoms with Crippen molar-refractivity contribution in [1.29, 1.82) is 0 Å². The molecule has 2 atom stereocenters. The van der Waals surface area contributed by atoms with Gasteiger partial charge in [0.2, 0.25) is 11.8 Å². The minimum absolute atomic E-state index is 0.0815. The number of carbonyl (C=O) groups is 3. The van der Waals surface area contributed by atoms with Crippen LogP contribution >= 0.6 is 0 Å². The van der Waals surface area contributed by atoms with Crippen molar-refractivity contribution in [2.75, 3.05) is 26.6 Å². The number of amides is 2. The highest BCUT2D eigenvalue weighted by Gasteiger charge is 2.42. The maximum absolute atomic E-state index is 12.9. The van der Waals surface area contributed by atoms with E-state index in [1.54, 1.807) is 43.3 Å². The zero-order valence-electron chi connectivity index (χ0n) is 16.0. The van der Waals surface area contributed by atoms with Gasteiger partial charge in [-0.15, -0.1) is 0 Å².